The van der Waals surface area contributed by atoms with E-state index in [0.29, 0.717) is 42.7 Å². The topological polar surface area (TPSA) is 223 Å². The number of carbonyl (C=O) groups is 5. The highest BCUT2D eigenvalue weighted by Gasteiger charge is 2.42. The minimum Gasteiger partial charge on any atom is -0.508 e. The van der Waals surface area contributed by atoms with Crippen molar-refractivity contribution in [3.05, 3.63) is 59.7 Å². The largest absolute Gasteiger partial charge is 0.508 e. The van der Waals surface area contributed by atoms with Gasteiger partial charge in [-0.2, -0.15) is 0 Å². The van der Waals surface area contributed by atoms with E-state index >= 15 is 0 Å². The Labute approximate surface area is 328 Å². The number of rotatable bonds is 22. The van der Waals surface area contributed by atoms with Crippen LogP contribution in [0.2, 0.25) is 0 Å². The lowest BCUT2D eigenvalue weighted by molar-refractivity contribution is -0.150. The maximum Gasteiger partial charge on any atom is 0.326 e. The van der Waals surface area contributed by atoms with Crippen molar-refractivity contribution < 1.29 is 44.4 Å². The van der Waals surface area contributed by atoms with Gasteiger partial charge in [0.15, 0.2) is 0 Å². The van der Waals surface area contributed by atoms with Gasteiger partial charge < -0.3 is 46.6 Å². The Morgan fingerprint density at radius 3 is 1.96 bits per heavy atom. The number of aliphatic hydroxyl groups excluding tert-OH is 1. The lowest BCUT2D eigenvalue weighted by atomic mass is 9.98. The highest BCUT2D eigenvalue weighted by molar-refractivity contribution is 6.17. The summed E-state index contributed by atoms with van der Waals surface area (Å²) in [6.07, 6.45) is 4.17. The van der Waals surface area contributed by atoms with Crippen molar-refractivity contribution in [2.75, 3.05) is 19.5 Å². The average molecular weight is 788 g/mol. The molecule has 6 unspecified atom stereocenters. The zero-order chi connectivity index (χ0) is 40.7. The molecule has 0 spiro atoms. The fourth-order valence-corrected chi connectivity index (χ4v) is 6.97. The van der Waals surface area contributed by atoms with Crippen molar-refractivity contribution in [3.8, 4) is 11.5 Å². The Hall–Kier alpha value is -4.40. The van der Waals surface area contributed by atoms with Crippen molar-refractivity contribution in [3.63, 3.8) is 0 Å². The Kier molecular flexibility index (Phi) is 18.2. The summed E-state index contributed by atoms with van der Waals surface area (Å²) >= 11 is 5.74. The van der Waals surface area contributed by atoms with Crippen LogP contribution in [0, 0.1) is 5.92 Å². The number of benzene rings is 2. The van der Waals surface area contributed by atoms with Crippen LogP contribution in [-0.4, -0.2) is 116 Å². The summed E-state index contributed by atoms with van der Waals surface area (Å²) in [6.45, 7) is 3.99. The molecule has 0 radical (unpaired) electrons. The number of hydrogen-bond donors (Lipinski definition) is 7. The standard InChI is InChI=1S/C40H58ClN5O9/c1-25(2)22-34(39(53)46-21-9-11-33(46)36(50)44-32(40(54)55)24-27-14-18-29(48)19-15-27)45(3)38(52)31(23-26-12-16-28(47)17-13-26)43-37(51)35(49)30(42)10-7-5-4-6-8-20-41/h12-19,25,30-35,47-49H,4-11,20-24,42H2,1-3H3,(H,43,51)(H,44,50)(H,54,55). The summed E-state index contributed by atoms with van der Waals surface area (Å²) in [7, 11) is 1.46. The number of halogens is 1. The Balaban J connectivity index is 1.79. The number of nitrogens with one attached hydrogen (secondary N) is 2. The number of likely N-dealkylation sites (N-methyl/N-ethyl adjacent to an activating group) is 1. The van der Waals surface area contributed by atoms with Crippen LogP contribution in [-0.2, 0) is 36.8 Å². The maximum atomic E-state index is 14.3. The molecule has 6 atom stereocenters. The summed E-state index contributed by atoms with van der Waals surface area (Å²) in [5, 5.41) is 45.4. The van der Waals surface area contributed by atoms with Gasteiger partial charge in [0.25, 0.3) is 5.91 Å². The van der Waals surface area contributed by atoms with Gasteiger partial charge in [-0.25, -0.2) is 4.79 Å². The molecule has 4 amide bonds. The zero-order valence-electron chi connectivity index (χ0n) is 32.0. The van der Waals surface area contributed by atoms with Gasteiger partial charge in [0.1, 0.15) is 41.8 Å². The molecule has 8 N–H and O–H groups in total. The van der Waals surface area contributed by atoms with Crippen molar-refractivity contribution in [1.29, 1.82) is 0 Å². The van der Waals surface area contributed by atoms with Crippen molar-refractivity contribution in [2.24, 2.45) is 11.7 Å². The SMILES string of the molecule is CC(C)CC(C(=O)N1CCCC1C(=O)NC(Cc1ccc(O)cc1)C(=O)O)N(C)C(=O)C(Cc1ccc(O)cc1)NC(=O)C(O)C(N)CCCCCCCCl. The molecule has 0 bridgehead atoms. The Bertz CT molecular complexity index is 1560. The fourth-order valence-electron chi connectivity index (χ4n) is 6.78. The molecule has 304 valence electrons. The first-order valence-corrected chi connectivity index (χ1v) is 19.6. The molecule has 14 nitrogen and oxygen atoms in total. The number of amides is 4. The van der Waals surface area contributed by atoms with Crippen molar-refractivity contribution in [2.45, 2.75) is 121 Å². The number of aromatic hydroxyl groups is 2. The number of carbonyl (C=O) groups excluding carboxylic acids is 4. The van der Waals surface area contributed by atoms with Crippen LogP contribution in [0.3, 0.4) is 0 Å². The third kappa shape index (κ3) is 14.0. The molecule has 1 saturated heterocycles. The van der Waals surface area contributed by atoms with Gasteiger partial charge >= 0.3 is 5.97 Å². The first-order chi connectivity index (χ1) is 26.1. The number of carboxylic acids is 1. The van der Waals surface area contributed by atoms with Gasteiger partial charge in [0.2, 0.25) is 17.7 Å². The van der Waals surface area contributed by atoms with E-state index in [1.54, 1.807) is 24.3 Å². The summed E-state index contributed by atoms with van der Waals surface area (Å²) < 4.78 is 0. The lowest BCUT2D eigenvalue weighted by Gasteiger charge is -2.36. The third-order valence-electron chi connectivity index (χ3n) is 9.96. The summed E-state index contributed by atoms with van der Waals surface area (Å²) in [6, 6.07) is 6.66. The second kappa shape index (κ2) is 22.2. The lowest BCUT2D eigenvalue weighted by Crippen LogP contribution is -2.59. The molecule has 15 heteroatoms. The Morgan fingerprint density at radius 1 is 0.873 bits per heavy atom. The van der Waals surface area contributed by atoms with E-state index in [-0.39, 0.29) is 43.2 Å². The smallest absolute Gasteiger partial charge is 0.326 e. The maximum absolute atomic E-state index is 14.3. The third-order valence-corrected chi connectivity index (χ3v) is 10.2. The second-order valence-electron chi connectivity index (χ2n) is 14.8. The van der Waals surface area contributed by atoms with Gasteiger partial charge in [-0.15, -0.1) is 11.6 Å². The van der Waals surface area contributed by atoms with Gasteiger partial charge in [-0.05, 0) is 73.4 Å². The number of nitrogens with zero attached hydrogens (tertiary/aromatic N) is 2. The molecule has 0 saturated carbocycles. The van der Waals surface area contributed by atoms with Gasteiger partial charge in [-0.3, -0.25) is 19.2 Å². The van der Waals surface area contributed by atoms with Crippen LogP contribution in [0.5, 0.6) is 11.5 Å². The summed E-state index contributed by atoms with van der Waals surface area (Å²) in [4.78, 5) is 70.4. The molecule has 1 aliphatic heterocycles. The average Bonchev–Trinajstić information content (AvgIpc) is 3.65. The van der Waals surface area contributed by atoms with Crippen LogP contribution in [0.25, 0.3) is 0 Å². The molecule has 1 heterocycles. The predicted octanol–water partition coefficient (Wildman–Crippen LogP) is 3.07. The normalized spacial score (nSPS) is 16.9. The number of nitrogens with two attached hydrogens (primary N) is 1. The van der Waals surface area contributed by atoms with Crippen LogP contribution in [0.1, 0.15) is 82.8 Å². The van der Waals surface area contributed by atoms with Crippen LogP contribution < -0.4 is 16.4 Å². The van der Waals surface area contributed by atoms with E-state index in [1.807, 2.05) is 13.8 Å². The van der Waals surface area contributed by atoms with E-state index in [1.165, 1.54) is 41.1 Å². The number of phenols is 2. The Morgan fingerprint density at radius 2 is 1.42 bits per heavy atom. The monoisotopic (exact) mass is 787 g/mol. The second-order valence-corrected chi connectivity index (χ2v) is 15.2. The molecule has 1 fully saturated rings. The molecule has 2 aromatic rings. The van der Waals surface area contributed by atoms with E-state index < -0.39 is 65.9 Å². The van der Waals surface area contributed by atoms with E-state index in [0.717, 1.165) is 25.7 Å². The number of phenolic OH excluding ortho intramolecular Hbond substituents is 2. The zero-order valence-corrected chi connectivity index (χ0v) is 32.8. The quantitative estimate of drug-likeness (QED) is 0.0683. The number of aliphatic carboxylic acids is 1. The minimum atomic E-state index is -1.59. The van der Waals surface area contributed by atoms with Gasteiger partial charge in [0.05, 0.1) is 0 Å². The van der Waals surface area contributed by atoms with E-state index in [4.69, 9.17) is 17.3 Å². The first kappa shape index (κ1) is 45.0. The number of unbranched alkanes of at least 4 members (excludes halogenated alkanes) is 4. The summed E-state index contributed by atoms with van der Waals surface area (Å²) in [5.41, 5.74) is 7.38. The van der Waals surface area contributed by atoms with Crippen LogP contribution >= 0.6 is 11.6 Å². The van der Waals surface area contributed by atoms with Crippen LogP contribution in [0.15, 0.2) is 48.5 Å². The first-order valence-electron chi connectivity index (χ1n) is 19.1. The highest BCUT2D eigenvalue weighted by atomic mass is 35.5. The van der Waals surface area contributed by atoms with Crippen molar-refractivity contribution in [1.82, 2.24) is 20.4 Å². The molecule has 1 aliphatic rings. The predicted molar refractivity (Wildman–Crippen MR) is 208 cm³/mol. The minimum absolute atomic E-state index is 0.0126. The number of hydrogen-bond acceptors (Lipinski definition) is 9. The fraction of sp³-hybridized carbons (Fsp3) is 0.575. The molecule has 3 rings (SSSR count). The molecular weight excluding hydrogens is 730 g/mol. The van der Waals surface area contributed by atoms with Crippen molar-refractivity contribution >= 4 is 41.2 Å². The molecule has 0 aliphatic carbocycles. The highest BCUT2D eigenvalue weighted by Crippen LogP contribution is 2.24. The number of aliphatic hydroxyl groups is 1. The number of alkyl halides is 1. The van der Waals surface area contributed by atoms with E-state index in [2.05, 4.69) is 10.6 Å². The molecular formula is C40H58ClN5O9. The summed E-state index contributed by atoms with van der Waals surface area (Å²) in [5.74, 6) is -3.26. The molecule has 0 aromatic heterocycles. The van der Waals surface area contributed by atoms with Gasteiger partial charge in [-0.1, -0.05) is 63.8 Å². The van der Waals surface area contributed by atoms with E-state index in [9.17, 15) is 44.4 Å². The molecule has 55 heavy (non-hydrogen) atoms. The number of carboxylic acid groups (broad SMARTS) is 1. The van der Waals surface area contributed by atoms with Crippen LogP contribution in [0.4, 0.5) is 0 Å². The van der Waals surface area contributed by atoms with Gasteiger partial charge in [0, 0.05) is 38.4 Å². The molecule has 2 aromatic carbocycles. The number of likely N-dealkylation sites (tertiary alicyclic amines) is 1.